The predicted octanol–water partition coefficient (Wildman–Crippen LogP) is 1.72. The zero-order valence-corrected chi connectivity index (χ0v) is 10.2. The van der Waals surface area contributed by atoms with Gasteiger partial charge in [0.1, 0.15) is 5.82 Å². The normalized spacial score (nSPS) is 15.4. The second kappa shape index (κ2) is 6.02. The molecule has 0 saturated carbocycles. The van der Waals surface area contributed by atoms with E-state index in [1.165, 1.54) is 6.07 Å². The fraction of sp³-hybridized carbons (Fsp3) is 0.417. The number of halogens is 1. The summed E-state index contributed by atoms with van der Waals surface area (Å²) >= 11 is 1.60. The van der Waals surface area contributed by atoms with Crippen molar-refractivity contribution in [2.75, 3.05) is 29.9 Å². The van der Waals surface area contributed by atoms with Crippen LogP contribution >= 0.6 is 11.8 Å². The molecule has 92 valence electrons. The van der Waals surface area contributed by atoms with Gasteiger partial charge >= 0.3 is 0 Å². The molecule has 2 N–H and O–H groups in total. The van der Waals surface area contributed by atoms with Crippen LogP contribution in [0.3, 0.4) is 0 Å². The zero-order chi connectivity index (χ0) is 12.1. The molecule has 2 rings (SSSR count). The number of nitrogens with one attached hydrogen (secondary N) is 2. The van der Waals surface area contributed by atoms with Gasteiger partial charge in [-0.25, -0.2) is 4.39 Å². The van der Waals surface area contributed by atoms with Gasteiger partial charge in [0.2, 0.25) is 5.91 Å². The van der Waals surface area contributed by atoms with Crippen molar-refractivity contribution in [2.24, 2.45) is 5.92 Å². The molecule has 1 fully saturated rings. The van der Waals surface area contributed by atoms with Crippen molar-refractivity contribution in [2.45, 2.75) is 0 Å². The molecule has 1 heterocycles. The first-order valence-corrected chi connectivity index (χ1v) is 6.74. The molecule has 1 aromatic carbocycles. The van der Waals surface area contributed by atoms with Crippen molar-refractivity contribution in [3.63, 3.8) is 0 Å². The van der Waals surface area contributed by atoms with Gasteiger partial charge in [-0.3, -0.25) is 4.79 Å². The van der Waals surface area contributed by atoms with Gasteiger partial charge in [0.15, 0.2) is 0 Å². The van der Waals surface area contributed by atoms with E-state index < -0.39 is 5.82 Å². The van der Waals surface area contributed by atoms with Gasteiger partial charge < -0.3 is 10.6 Å². The summed E-state index contributed by atoms with van der Waals surface area (Å²) < 4.78 is 13.2. The SMILES string of the molecule is O=C(CSCC1CNC1)Nc1ccccc1F. The highest BCUT2D eigenvalue weighted by Gasteiger charge is 2.16. The molecule has 1 amide bonds. The molecule has 0 radical (unpaired) electrons. The van der Waals surface area contributed by atoms with Crippen LogP contribution < -0.4 is 10.6 Å². The molecule has 1 saturated heterocycles. The molecule has 0 aliphatic carbocycles. The third-order valence-corrected chi connectivity index (χ3v) is 3.77. The topological polar surface area (TPSA) is 41.1 Å². The minimum Gasteiger partial charge on any atom is -0.323 e. The lowest BCUT2D eigenvalue weighted by Crippen LogP contribution is -2.43. The Kier molecular flexibility index (Phi) is 4.39. The molecular weight excluding hydrogens is 239 g/mol. The van der Waals surface area contributed by atoms with Crippen molar-refractivity contribution < 1.29 is 9.18 Å². The number of benzene rings is 1. The minimum atomic E-state index is -0.394. The number of para-hydroxylation sites is 1. The third-order valence-electron chi connectivity index (χ3n) is 2.60. The van der Waals surface area contributed by atoms with Crippen molar-refractivity contribution in [1.29, 1.82) is 0 Å². The average molecular weight is 254 g/mol. The number of thioether (sulfide) groups is 1. The highest BCUT2D eigenvalue weighted by molar-refractivity contribution is 7.99. The Morgan fingerprint density at radius 3 is 2.88 bits per heavy atom. The Labute approximate surface area is 104 Å². The van der Waals surface area contributed by atoms with Crippen LogP contribution in [-0.4, -0.2) is 30.5 Å². The van der Waals surface area contributed by atoms with Crippen molar-refractivity contribution in [3.05, 3.63) is 30.1 Å². The lowest BCUT2D eigenvalue weighted by Gasteiger charge is -2.26. The third kappa shape index (κ3) is 3.71. The van der Waals surface area contributed by atoms with Crippen LogP contribution in [-0.2, 0) is 4.79 Å². The van der Waals surface area contributed by atoms with Crippen LogP contribution in [0.15, 0.2) is 24.3 Å². The van der Waals surface area contributed by atoms with Crippen LogP contribution in [0.1, 0.15) is 0 Å². The summed E-state index contributed by atoms with van der Waals surface area (Å²) in [6.07, 6.45) is 0. The Morgan fingerprint density at radius 2 is 2.24 bits per heavy atom. The molecule has 0 atom stereocenters. The molecular formula is C12H15FN2OS. The van der Waals surface area contributed by atoms with E-state index in [2.05, 4.69) is 10.6 Å². The first-order valence-electron chi connectivity index (χ1n) is 5.58. The van der Waals surface area contributed by atoms with Crippen molar-refractivity contribution >= 4 is 23.4 Å². The summed E-state index contributed by atoms with van der Waals surface area (Å²) in [7, 11) is 0. The molecule has 0 unspecified atom stereocenters. The van der Waals surface area contributed by atoms with Crippen molar-refractivity contribution in [3.8, 4) is 0 Å². The van der Waals surface area contributed by atoms with E-state index in [0.717, 1.165) is 18.8 Å². The van der Waals surface area contributed by atoms with E-state index in [-0.39, 0.29) is 11.6 Å². The minimum absolute atomic E-state index is 0.146. The maximum atomic E-state index is 13.2. The molecule has 3 nitrogen and oxygen atoms in total. The summed E-state index contributed by atoms with van der Waals surface area (Å²) in [5, 5.41) is 5.75. The van der Waals surface area contributed by atoms with Gasteiger partial charge in [-0.15, -0.1) is 0 Å². The van der Waals surface area contributed by atoms with E-state index in [4.69, 9.17) is 0 Å². The average Bonchev–Trinajstić information content (AvgIpc) is 2.25. The van der Waals surface area contributed by atoms with Crippen LogP contribution in [0.2, 0.25) is 0 Å². The maximum Gasteiger partial charge on any atom is 0.234 e. The highest BCUT2D eigenvalue weighted by atomic mass is 32.2. The second-order valence-electron chi connectivity index (χ2n) is 4.07. The van der Waals surface area contributed by atoms with E-state index in [9.17, 15) is 9.18 Å². The molecule has 1 aliphatic heterocycles. The maximum absolute atomic E-state index is 13.2. The lowest BCUT2D eigenvalue weighted by atomic mass is 10.1. The Balaban J connectivity index is 1.71. The monoisotopic (exact) mass is 254 g/mol. The van der Waals surface area contributed by atoms with E-state index in [1.54, 1.807) is 30.0 Å². The van der Waals surface area contributed by atoms with Gasteiger partial charge in [-0.2, -0.15) is 11.8 Å². The number of carbonyl (C=O) groups is 1. The number of anilines is 1. The predicted molar refractivity (Wildman–Crippen MR) is 68.7 cm³/mol. The standard InChI is InChI=1S/C12H15FN2OS/c13-10-3-1-2-4-11(10)15-12(16)8-17-7-9-5-14-6-9/h1-4,9,14H,5-8H2,(H,15,16). The molecule has 17 heavy (non-hydrogen) atoms. The summed E-state index contributed by atoms with van der Waals surface area (Å²) in [5.41, 5.74) is 0.253. The molecule has 1 aromatic rings. The largest absolute Gasteiger partial charge is 0.323 e. The number of hydrogen-bond donors (Lipinski definition) is 2. The summed E-state index contributed by atoms with van der Waals surface area (Å²) in [6, 6.07) is 6.20. The summed E-state index contributed by atoms with van der Waals surface area (Å²) in [5.74, 6) is 1.50. The van der Waals surface area contributed by atoms with Gasteiger partial charge in [0, 0.05) is 0 Å². The van der Waals surface area contributed by atoms with E-state index in [0.29, 0.717) is 11.7 Å². The van der Waals surface area contributed by atoms with Gasteiger partial charge in [-0.05, 0) is 36.9 Å². The molecule has 1 aliphatic rings. The van der Waals surface area contributed by atoms with E-state index >= 15 is 0 Å². The number of hydrogen-bond acceptors (Lipinski definition) is 3. The number of rotatable bonds is 5. The van der Waals surface area contributed by atoms with Crippen LogP contribution in [0, 0.1) is 11.7 Å². The first kappa shape index (κ1) is 12.4. The fourth-order valence-corrected chi connectivity index (χ4v) is 2.48. The van der Waals surface area contributed by atoms with Crippen LogP contribution in [0.5, 0.6) is 0 Å². The van der Waals surface area contributed by atoms with Crippen molar-refractivity contribution in [1.82, 2.24) is 5.32 Å². The fourth-order valence-electron chi connectivity index (χ4n) is 1.53. The highest BCUT2D eigenvalue weighted by Crippen LogP contribution is 2.15. The Morgan fingerprint density at radius 1 is 1.47 bits per heavy atom. The van der Waals surface area contributed by atoms with Gasteiger partial charge in [0.05, 0.1) is 11.4 Å². The number of amides is 1. The second-order valence-corrected chi connectivity index (χ2v) is 5.10. The van der Waals surface area contributed by atoms with Crippen LogP contribution in [0.4, 0.5) is 10.1 Å². The molecule has 0 bridgehead atoms. The smallest absolute Gasteiger partial charge is 0.234 e. The first-order chi connectivity index (χ1) is 8.25. The van der Waals surface area contributed by atoms with E-state index in [1.807, 2.05) is 0 Å². The quantitative estimate of drug-likeness (QED) is 0.840. The number of carbonyl (C=O) groups excluding carboxylic acids is 1. The molecule has 0 aromatic heterocycles. The summed E-state index contributed by atoms with van der Waals surface area (Å²) in [6.45, 7) is 2.09. The molecule has 0 spiro atoms. The lowest BCUT2D eigenvalue weighted by molar-refractivity contribution is -0.113. The van der Waals surface area contributed by atoms with Gasteiger partial charge in [0.25, 0.3) is 0 Å². The molecule has 5 heteroatoms. The summed E-state index contributed by atoms with van der Waals surface area (Å²) in [4.78, 5) is 11.5. The zero-order valence-electron chi connectivity index (χ0n) is 9.41. The Bertz CT molecular complexity index is 396. The van der Waals surface area contributed by atoms with Crippen LogP contribution in [0.25, 0.3) is 0 Å². The Hall–Kier alpha value is -1.07. The van der Waals surface area contributed by atoms with Gasteiger partial charge in [-0.1, -0.05) is 12.1 Å².